The molecule has 2 saturated heterocycles. The minimum Gasteiger partial charge on any atom is -0.381 e. The molecule has 104 valence electrons. The molecule has 2 aliphatic heterocycles. The lowest BCUT2D eigenvalue weighted by Crippen LogP contribution is -2.30. The van der Waals surface area contributed by atoms with Crippen LogP contribution in [0.5, 0.6) is 0 Å². The SMILES string of the molecule is c1cc(N2CCCCC2)ncc1NCC1CCCO1. The third-order valence-electron chi connectivity index (χ3n) is 3.99. The van der Waals surface area contributed by atoms with E-state index >= 15 is 0 Å². The third-order valence-corrected chi connectivity index (χ3v) is 3.99. The molecule has 1 N–H and O–H groups in total. The van der Waals surface area contributed by atoms with Gasteiger partial charge in [0.2, 0.25) is 0 Å². The Morgan fingerprint density at radius 2 is 2.11 bits per heavy atom. The van der Waals surface area contributed by atoms with E-state index in [2.05, 4.69) is 27.3 Å². The van der Waals surface area contributed by atoms with Crippen LogP contribution >= 0.6 is 0 Å². The van der Waals surface area contributed by atoms with Gasteiger partial charge < -0.3 is 15.0 Å². The summed E-state index contributed by atoms with van der Waals surface area (Å²) in [5, 5.41) is 3.41. The summed E-state index contributed by atoms with van der Waals surface area (Å²) in [6.45, 7) is 4.11. The lowest BCUT2D eigenvalue weighted by atomic mass is 10.1. The first-order valence-electron chi connectivity index (χ1n) is 7.48. The predicted octanol–water partition coefficient (Wildman–Crippen LogP) is 2.66. The van der Waals surface area contributed by atoms with Crippen LogP contribution < -0.4 is 10.2 Å². The fourth-order valence-electron chi connectivity index (χ4n) is 2.84. The minimum absolute atomic E-state index is 0.377. The van der Waals surface area contributed by atoms with Gasteiger partial charge in [-0.25, -0.2) is 4.98 Å². The largest absolute Gasteiger partial charge is 0.381 e. The molecule has 0 bridgehead atoms. The van der Waals surface area contributed by atoms with E-state index in [4.69, 9.17) is 4.74 Å². The van der Waals surface area contributed by atoms with E-state index in [1.807, 2.05) is 6.20 Å². The quantitative estimate of drug-likeness (QED) is 0.904. The van der Waals surface area contributed by atoms with Crippen molar-refractivity contribution in [3.63, 3.8) is 0 Å². The van der Waals surface area contributed by atoms with Crippen molar-refractivity contribution in [2.24, 2.45) is 0 Å². The van der Waals surface area contributed by atoms with Crippen molar-refractivity contribution in [1.29, 1.82) is 0 Å². The standard InChI is InChI=1S/C15H23N3O/c1-2-8-18(9-3-1)15-7-6-13(11-17-15)16-12-14-5-4-10-19-14/h6-7,11,14,16H,1-5,8-10,12H2. The van der Waals surface area contributed by atoms with Gasteiger partial charge >= 0.3 is 0 Å². The van der Waals surface area contributed by atoms with Crippen LogP contribution in [-0.2, 0) is 4.74 Å². The Balaban J connectivity index is 1.52. The van der Waals surface area contributed by atoms with Gasteiger partial charge in [0.05, 0.1) is 18.0 Å². The molecule has 19 heavy (non-hydrogen) atoms. The van der Waals surface area contributed by atoms with E-state index in [0.29, 0.717) is 6.10 Å². The second-order valence-corrected chi connectivity index (χ2v) is 5.47. The van der Waals surface area contributed by atoms with Gasteiger partial charge in [-0.1, -0.05) is 0 Å². The molecule has 0 aliphatic carbocycles. The van der Waals surface area contributed by atoms with Crippen LogP contribution in [0.3, 0.4) is 0 Å². The predicted molar refractivity (Wildman–Crippen MR) is 77.8 cm³/mol. The van der Waals surface area contributed by atoms with Crippen molar-refractivity contribution in [2.75, 3.05) is 36.5 Å². The zero-order chi connectivity index (χ0) is 12.9. The summed E-state index contributed by atoms with van der Waals surface area (Å²) >= 11 is 0. The van der Waals surface area contributed by atoms with Crippen LogP contribution in [0.2, 0.25) is 0 Å². The number of ether oxygens (including phenoxy) is 1. The number of rotatable bonds is 4. The summed E-state index contributed by atoms with van der Waals surface area (Å²) < 4.78 is 5.60. The number of piperidine rings is 1. The van der Waals surface area contributed by atoms with Gasteiger partial charge in [0.25, 0.3) is 0 Å². The second-order valence-electron chi connectivity index (χ2n) is 5.47. The number of aromatic nitrogens is 1. The average molecular weight is 261 g/mol. The van der Waals surface area contributed by atoms with Crippen LogP contribution in [0.1, 0.15) is 32.1 Å². The van der Waals surface area contributed by atoms with Gasteiger partial charge in [0.1, 0.15) is 5.82 Å². The number of pyridine rings is 1. The van der Waals surface area contributed by atoms with Crippen molar-refractivity contribution in [2.45, 2.75) is 38.2 Å². The summed E-state index contributed by atoms with van der Waals surface area (Å²) in [7, 11) is 0. The molecule has 1 unspecified atom stereocenters. The molecule has 1 aromatic heterocycles. The van der Waals surface area contributed by atoms with Crippen molar-refractivity contribution >= 4 is 11.5 Å². The summed E-state index contributed by atoms with van der Waals surface area (Å²) in [6.07, 6.45) is 8.63. The number of hydrogen-bond donors (Lipinski definition) is 1. The molecule has 4 nitrogen and oxygen atoms in total. The van der Waals surface area contributed by atoms with E-state index < -0.39 is 0 Å². The number of nitrogens with one attached hydrogen (secondary N) is 1. The van der Waals surface area contributed by atoms with Crippen LogP contribution in [0.25, 0.3) is 0 Å². The van der Waals surface area contributed by atoms with Gasteiger partial charge in [-0.2, -0.15) is 0 Å². The molecule has 0 spiro atoms. The molecule has 3 heterocycles. The van der Waals surface area contributed by atoms with Gasteiger partial charge in [-0.05, 0) is 44.2 Å². The van der Waals surface area contributed by atoms with E-state index in [1.54, 1.807) is 0 Å². The first-order valence-corrected chi connectivity index (χ1v) is 7.48. The van der Waals surface area contributed by atoms with E-state index in [1.165, 1.54) is 32.1 Å². The fraction of sp³-hybridized carbons (Fsp3) is 0.667. The highest BCUT2D eigenvalue weighted by atomic mass is 16.5. The van der Waals surface area contributed by atoms with Gasteiger partial charge in [0.15, 0.2) is 0 Å². The Labute approximate surface area is 115 Å². The minimum atomic E-state index is 0.377. The Bertz CT molecular complexity index is 381. The maximum absolute atomic E-state index is 5.60. The molecule has 0 radical (unpaired) electrons. The summed E-state index contributed by atoms with van der Waals surface area (Å²) in [4.78, 5) is 6.95. The van der Waals surface area contributed by atoms with Crippen LogP contribution in [0.4, 0.5) is 11.5 Å². The number of anilines is 2. The van der Waals surface area contributed by atoms with E-state index in [0.717, 1.165) is 37.7 Å². The Morgan fingerprint density at radius 1 is 1.21 bits per heavy atom. The highest BCUT2D eigenvalue weighted by molar-refractivity contribution is 5.48. The Kier molecular flexibility index (Phi) is 4.18. The number of hydrogen-bond acceptors (Lipinski definition) is 4. The molecule has 0 amide bonds. The molecule has 1 atom stereocenters. The normalized spacial score (nSPS) is 23.6. The molecule has 0 aromatic carbocycles. The van der Waals surface area contributed by atoms with E-state index in [-0.39, 0.29) is 0 Å². The number of nitrogens with zero attached hydrogens (tertiary/aromatic N) is 2. The maximum Gasteiger partial charge on any atom is 0.128 e. The smallest absolute Gasteiger partial charge is 0.128 e. The Morgan fingerprint density at radius 3 is 2.79 bits per heavy atom. The monoisotopic (exact) mass is 261 g/mol. The van der Waals surface area contributed by atoms with Crippen molar-refractivity contribution in [1.82, 2.24) is 4.98 Å². The topological polar surface area (TPSA) is 37.4 Å². The summed E-state index contributed by atoms with van der Waals surface area (Å²) in [5.74, 6) is 1.11. The van der Waals surface area contributed by atoms with Crippen LogP contribution in [0.15, 0.2) is 18.3 Å². The van der Waals surface area contributed by atoms with Gasteiger partial charge in [-0.3, -0.25) is 0 Å². The van der Waals surface area contributed by atoms with Crippen molar-refractivity contribution < 1.29 is 4.74 Å². The highest BCUT2D eigenvalue weighted by Gasteiger charge is 2.15. The molecule has 3 rings (SSSR count). The molecule has 4 heteroatoms. The van der Waals surface area contributed by atoms with Crippen LogP contribution in [0, 0.1) is 0 Å². The molecule has 2 aliphatic rings. The summed E-state index contributed by atoms with van der Waals surface area (Å²) in [5.41, 5.74) is 1.09. The fourth-order valence-corrected chi connectivity index (χ4v) is 2.84. The van der Waals surface area contributed by atoms with E-state index in [9.17, 15) is 0 Å². The second kappa shape index (κ2) is 6.24. The summed E-state index contributed by atoms with van der Waals surface area (Å²) in [6, 6.07) is 4.26. The zero-order valence-electron chi connectivity index (χ0n) is 11.5. The third kappa shape index (κ3) is 3.38. The maximum atomic E-state index is 5.60. The van der Waals surface area contributed by atoms with Crippen molar-refractivity contribution in [3.8, 4) is 0 Å². The molecule has 1 aromatic rings. The average Bonchev–Trinajstić information content (AvgIpc) is 3.00. The molecular weight excluding hydrogens is 238 g/mol. The highest BCUT2D eigenvalue weighted by Crippen LogP contribution is 2.19. The van der Waals surface area contributed by atoms with Crippen molar-refractivity contribution in [3.05, 3.63) is 18.3 Å². The molecule has 0 saturated carbocycles. The van der Waals surface area contributed by atoms with Gasteiger partial charge in [-0.15, -0.1) is 0 Å². The van der Waals surface area contributed by atoms with Crippen LogP contribution in [-0.4, -0.2) is 37.3 Å². The zero-order valence-corrected chi connectivity index (χ0v) is 11.5. The first kappa shape index (κ1) is 12.7. The molecular formula is C15H23N3O. The lowest BCUT2D eigenvalue weighted by Gasteiger charge is -2.27. The Hall–Kier alpha value is -1.29. The molecule has 2 fully saturated rings. The lowest BCUT2D eigenvalue weighted by molar-refractivity contribution is 0.120. The first-order chi connectivity index (χ1) is 9.42. The van der Waals surface area contributed by atoms with Gasteiger partial charge in [0, 0.05) is 26.2 Å².